The van der Waals surface area contributed by atoms with Crippen molar-refractivity contribution in [2.24, 2.45) is 0 Å². The lowest BCUT2D eigenvalue weighted by Gasteiger charge is -2.13. The molecule has 0 fully saturated rings. The van der Waals surface area contributed by atoms with Crippen LogP contribution in [-0.2, 0) is 14.8 Å². The van der Waals surface area contributed by atoms with E-state index in [-0.39, 0.29) is 4.90 Å². The van der Waals surface area contributed by atoms with Gasteiger partial charge in [0.25, 0.3) is 10.0 Å². The van der Waals surface area contributed by atoms with Crippen molar-refractivity contribution < 1.29 is 26.7 Å². The molecule has 5 nitrogen and oxygen atoms in total. The molecule has 0 aliphatic rings. The lowest BCUT2D eigenvalue weighted by molar-refractivity contribution is 0.0595. The maximum atomic E-state index is 13.9. The van der Waals surface area contributed by atoms with E-state index in [9.17, 15) is 22.0 Å². The van der Waals surface area contributed by atoms with E-state index in [1.165, 1.54) is 6.07 Å². The van der Waals surface area contributed by atoms with Gasteiger partial charge in [0.15, 0.2) is 0 Å². The average Bonchev–Trinajstić information content (AvgIpc) is 2.51. The first-order valence-corrected chi connectivity index (χ1v) is 8.31. The number of sulfonamides is 1. The maximum Gasteiger partial charge on any atom is 0.340 e. The molecule has 0 saturated heterocycles. The summed E-state index contributed by atoms with van der Waals surface area (Å²) >= 11 is 0. The molecule has 0 aromatic heterocycles. The molecule has 128 valence electrons. The summed E-state index contributed by atoms with van der Waals surface area (Å²) in [7, 11) is -3.08. The molecule has 0 aliphatic carbocycles. The van der Waals surface area contributed by atoms with Crippen LogP contribution in [0, 0.1) is 25.5 Å². The Morgan fingerprint density at radius 3 is 2.38 bits per heavy atom. The van der Waals surface area contributed by atoms with Gasteiger partial charge in [0.2, 0.25) is 0 Å². The molecule has 0 unspecified atom stereocenters. The fourth-order valence-electron chi connectivity index (χ4n) is 2.09. The zero-order chi connectivity index (χ0) is 18.1. The number of halogens is 2. The molecule has 0 bridgehead atoms. The van der Waals surface area contributed by atoms with Gasteiger partial charge >= 0.3 is 5.97 Å². The third kappa shape index (κ3) is 3.53. The molecule has 1 N–H and O–H groups in total. The monoisotopic (exact) mass is 355 g/mol. The van der Waals surface area contributed by atoms with Crippen LogP contribution in [-0.4, -0.2) is 21.5 Å². The van der Waals surface area contributed by atoms with Crippen molar-refractivity contribution in [3.8, 4) is 0 Å². The van der Waals surface area contributed by atoms with Crippen molar-refractivity contribution >= 4 is 21.7 Å². The van der Waals surface area contributed by atoms with Gasteiger partial charge in [0.05, 0.1) is 23.3 Å². The highest BCUT2D eigenvalue weighted by Gasteiger charge is 2.22. The van der Waals surface area contributed by atoms with Gasteiger partial charge in [-0.1, -0.05) is 12.1 Å². The van der Waals surface area contributed by atoms with Gasteiger partial charge < -0.3 is 4.74 Å². The summed E-state index contributed by atoms with van der Waals surface area (Å²) in [5.41, 5.74) is 0.0508. The molecular formula is C16H15F2NO4S. The van der Waals surface area contributed by atoms with Crippen LogP contribution < -0.4 is 4.72 Å². The molecule has 0 saturated carbocycles. The molecule has 0 amide bonds. The SMILES string of the molecule is COC(=O)c1cc(NS(=O)(=O)c2cc(C)ccc2C)c(F)cc1F. The van der Waals surface area contributed by atoms with E-state index < -0.39 is 38.9 Å². The molecule has 24 heavy (non-hydrogen) atoms. The summed E-state index contributed by atoms with van der Waals surface area (Å²) in [5.74, 6) is -3.33. The highest BCUT2D eigenvalue weighted by atomic mass is 32.2. The van der Waals surface area contributed by atoms with Crippen LogP contribution in [0.3, 0.4) is 0 Å². The van der Waals surface area contributed by atoms with Crippen molar-refractivity contribution in [2.45, 2.75) is 18.7 Å². The fraction of sp³-hybridized carbons (Fsp3) is 0.188. The topological polar surface area (TPSA) is 72.5 Å². The van der Waals surface area contributed by atoms with Crippen LogP contribution in [0.5, 0.6) is 0 Å². The first-order chi connectivity index (χ1) is 11.2. The van der Waals surface area contributed by atoms with Crippen LogP contribution in [0.4, 0.5) is 14.5 Å². The summed E-state index contributed by atoms with van der Waals surface area (Å²) in [6.45, 7) is 3.31. The number of ether oxygens (including phenoxy) is 1. The second-order valence-corrected chi connectivity index (χ2v) is 6.83. The van der Waals surface area contributed by atoms with Gasteiger partial charge in [0.1, 0.15) is 11.6 Å². The van der Waals surface area contributed by atoms with E-state index in [0.717, 1.165) is 13.2 Å². The van der Waals surface area contributed by atoms with Gasteiger partial charge in [-0.05, 0) is 37.1 Å². The number of carbonyl (C=O) groups excluding carboxylic acids is 1. The lowest BCUT2D eigenvalue weighted by atomic mass is 10.2. The molecule has 0 spiro atoms. The minimum atomic E-state index is -4.12. The molecule has 2 rings (SSSR count). The van der Waals surface area contributed by atoms with E-state index in [1.54, 1.807) is 26.0 Å². The molecule has 0 atom stereocenters. The molecule has 2 aromatic rings. The van der Waals surface area contributed by atoms with Crippen molar-refractivity contribution in [1.29, 1.82) is 0 Å². The summed E-state index contributed by atoms with van der Waals surface area (Å²) in [5, 5.41) is 0. The summed E-state index contributed by atoms with van der Waals surface area (Å²) < 4.78 is 58.9. The Balaban J connectivity index is 2.50. The maximum absolute atomic E-state index is 13.9. The molecule has 8 heteroatoms. The number of carbonyl (C=O) groups is 1. The number of hydrogen-bond donors (Lipinski definition) is 1. The predicted molar refractivity (Wildman–Crippen MR) is 84.4 cm³/mol. The van der Waals surface area contributed by atoms with Crippen LogP contribution in [0.1, 0.15) is 21.5 Å². The van der Waals surface area contributed by atoms with Crippen LogP contribution in [0.15, 0.2) is 35.2 Å². The minimum Gasteiger partial charge on any atom is -0.465 e. The normalized spacial score (nSPS) is 11.2. The van der Waals surface area contributed by atoms with Crippen molar-refractivity contribution in [3.05, 3.63) is 58.7 Å². The van der Waals surface area contributed by atoms with Crippen LogP contribution in [0.2, 0.25) is 0 Å². The Kier molecular flexibility index (Phi) is 4.88. The second kappa shape index (κ2) is 6.56. The summed E-state index contributed by atoms with van der Waals surface area (Å²) in [6, 6.07) is 5.97. The Bertz CT molecular complexity index is 911. The van der Waals surface area contributed by atoms with Crippen molar-refractivity contribution in [1.82, 2.24) is 0 Å². The smallest absolute Gasteiger partial charge is 0.340 e. The molecule has 2 aromatic carbocycles. The van der Waals surface area contributed by atoms with E-state index in [0.29, 0.717) is 17.2 Å². The quantitative estimate of drug-likeness (QED) is 0.855. The Labute approximate surface area is 138 Å². The second-order valence-electron chi connectivity index (χ2n) is 5.18. The standard InChI is InChI=1S/C16H15F2NO4S/c1-9-4-5-10(2)15(6-9)24(21,22)19-14-7-11(16(20)23-3)12(17)8-13(14)18/h4-8,19H,1-3H3. The van der Waals surface area contributed by atoms with Gasteiger partial charge in [-0.15, -0.1) is 0 Å². The first kappa shape index (κ1) is 17.9. The van der Waals surface area contributed by atoms with Gasteiger partial charge in [-0.2, -0.15) is 0 Å². The average molecular weight is 355 g/mol. The Morgan fingerprint density at radius 1 is 1.08 bits per heavy atom. The number of hydrogen-bond acceptors (Lipinski definition) is 4. The lowest BCUT2D eigenvalue weighted by Crippen LogP contribution is -2.16. The largest absolute Gasteiger partial charge is 0.465 e. The predicted octanol–water partition coefficient (Wildman–Crippen LogP) is 3.17. The van der Waals surface area contributed by atoms with E-state index in [4.69, 9.17) is 0 Å². The number of nitrogens with one attached hydrogen (secondary N) is 1. The Morgan fingerprint density at radius 2 is 1.75 bits per heavy atom. The number of aryl methyl sites for hydroxylation is 2. The van der Waals surface area contributed by atoms with Crippen LogP contribution >= 0.6 is 0 Å². The summed E-state index contributed by atoms with van der Waals surface area (Å²) in [6.07, 6.45) is 0. The number of anilines is 1. The van der Waals surface area contributed by atoms with Gasteiger partial charge in [-0.25, -0.2) is 22.0 Å². The molecule has 0 aliphatic heterocycles. The van der Waals surface area contributed by atoms with E-state index in [1.807, 2.05) is 4.72 Å². The zero-order valence-corrected chi connectivity index (χ0v) is 14.0. The van der Waals surface area contributed by atoms with Crippen molar-refractivity contribution in [3.63, 3.8) is 0 Å². The van der Waals surface area contributed by atoms with Gasteiger partial charge in [-0.3, -0.25) is 4.72 Å². The number of esters is 1. The van der Waals surface area contributed by atoms with E-state index >= 15 is 0 Å². The molecule has 0 heterocycles. The summed E-state index contributed by atoms with van der Waals surface area (Å²) in [4.78, 5) is 11.4. The molecular weight excluding hydrogens is 340 g/mol. The third-order valence-corrected chi connectivity index (χ3v) is 4.85. The minimum absolute atomic E-state index is 0.0363. The zero-order valence-electron chi connectivity index (χ0n) is 13.2. The van der Waals surface area contributed by atoms with E-state index in [2.05, 4.69) is 4.74 Å². The Hall–Kier alpha value is -2.48. The fourth-order valence-corrected chi connectivity index (χ4v) is 3.48. The third-order valence-electron chi connectivity index (χ3n) is 3.34. The first-order valence-electron chi connectivity index (χ1n) is 6.83. The van der Waals surface area contributed by atoms with Crippen LogP contribution in [0.25, 0.3) is 0 Å². The van der Waals surface area contributed by atoms with Gasteiger partial charge in [0, 0.05) is 6.07 Å². The highest BCUT2D eigenvalue weighted by molar-refractivity contribution is 7.92. The number of rotatable bonds is 4. The number of benzene rings is 2. The number of methoxy groups -OCH3 is 1. The molecule has 0 radical (unpaired) electrons. The van der Waals surface area contributed by atoms with Crippen molar-refractivity contribution in [2.75, 3.05) is 11.8 Å². The highest BCUT2D eigenvalue weighted by Crippen LogP contribution is 2.25.